The molecule has 276 valence electrons. The normalized spacial score (nSPS) is 14.7. The number of aliphatic carboxylic acids is 3. The Morgan fingerprint density at radius 3 is 2.04 bits per heavy atom. The summed E-state index contributed by atoms with van der Waals surface area (Å²) < 4.78 is 15.4. The predicted octanol–water partition coefficient (Wildman–Crippen LogP) is -4.05. The van der Waals surface area contributed by atoms with Gasteiger partial charge >= 0.3 is 0 Å². The zero-order valence-electron chi connectivity index (χ0n) is 27.4. The molecule has 2 amide bonds. The molecule has 0 bridgehead atoms. The van der Waals surface area contributed by atoms with Crippen molar-refractivity contribution in [1.82, 2.24) is 20.0 Å². The van der Waals surface area contributed by atoms with Crippen LogP contribution in [0.25, 0.3) is 11.1 Å². The van der Waals surface area contributed by atoms with Crippen molar-refractivity contribution in [3.63, 3.8) is 0 Å². The first-order chi connectivity index (χ1) is 24.5. The molecule has 0 spiro atoms. The van der Waals surface area contributed by atoms with Crippen molar-refractivity contribution in [2.75, 3.05) is 64.7 Å². The number of hydrogen-bond acceptors (Lipinski definition) is 16. The molecule has 1 aliphatic heterocycles. The van der Waals surface area contributed by atoms with E-state index in [4.69, 9.17) is 14.2 Å². The Morgan fingerprint density at radius 2 is 1.45 bits per heavy atom. The van der Waals surface area contributed by atoms with Gasteiger partial charge in [0.15, 0.2) is 0 Å². The molecule has 2 atom stereocenters. The number of carbonyl (C=O) groups excluding carboxylic acids is 7. The van der Waals surface area contributed by atoms with Crippen LogP contribution in [0.15, 0.2) is 48.5 Å². The quantitative estimate of drug-likeness (QED) is 0.0777. The Hall–Kier alpha value is -5.59. The average molecular weight is 711 g/mol. The Kier molecular flexibility index (Phi) is 16.3. The second kappa shape index (κ2) is 20.8. The first-order valence-corrected chi connectivity index (χ1v) is 15.7. The molecular weight excluding hydrogens is 674 g/mol. The Balaban J connectivity index is 1.78. The maximum Gasteiger partial charge on any atom is 0.246 e. The van der Waals surface area contributed by atoms with Gasteiger partial charge in [0.25, 0.3) is 0 Å². The lowest BCUT2D eigenvalue weighted by Gasteiger charge is -2.37. The lowest BCUT2D eigenvalue weighted by atomic mass is 10.0. The van der Waals surface area contributed by atoms with E-state index in [1.165, 1.54) is 22.7 Å². The van der Waals surface area contributed by atoms with Gasteiger partial charge in [-0.3, -0.25) is 19.4 Å². The van der Waals surface area contributed by atoms with Gasteiger partial charge in [-0.05, 0) is 36.6 Å². The fraction of sp³-hybridized carbons (Fsp3) is 0.424. The van der Waals surface area contributed by atoms with E-state index >= 15 is 0 Å². The van der Waals surface area contributed by atoms with Crippen LogP contribution in [0.1, 0.15) is 19.3 Å². The number of nitrogens with one attached hydrogen (secondary N) is 2. The maximum atomic E-state index is 12.9. The van der Waals surface area contributed by atoms with Gasteiger partial charge in [-0.2, -0.15) is 0 Å². The van der Waals surface area contributed by atoms with Gasteiger partial charge in [0.2, 0.25) is 11.8 Å². The van der Waals surface area contributed by atoms with E-state index in [0.717, 1.165) is 4.90 Å². The van der Waals surface area contributed by atoms with Gasteiger partial charge < -0.3 is 64.1 Å². The number of rotatable bonds is 24. The van der Waals surface area contributed by atoms with E-state index in [0.29, 0.717) is 41.8 Å². The maximum absolute atomic E-state index is 12.9. The minimum atomic E-state index is -1.56. The first kappa shape index (κ1) is 39.8. The summed E-state index contributed by atoms with van der Waals surface area (Å²) >= 11 is 0. The summed E-state index contributed by atoms with van der Waals surface area (Å²) in [5, 5.41) is 39.4. The summed E-state index contributed by atoms with van der Waals surface area (Å²) in [5.41, 5.74) is 1.93. The van der Waals surface area contributed by atoms with Crippen LogP contribution < -0.4 is 30.7 Å². The highest BCUT2D eigenvalue weighted by molar-refractivity contribution is 6.00. The molecule has 1 fully saturated rings. The minimum absolute atomic E-state index is 0.169. The van der Waals surface area contributed by atoms with Crippen molar-refractivity contribution in [3.05, 3.63) is 48.5 Å². The van der Waals surface area contributed by atoms with Crippen LogP contribution in [-0.4, -0.2) is 129 Å². The monoisotopic (exact) mass is 710 g/mol. The van der Waals surface area contributed by atoms with Crippen LogP contribution in [0.3, 0.4) is 0 Å². The molecule has 0 aromatic heterocycles. The minimum Gasteiger partial charge on any atom is -0.642 e. The number of para-hydroxylation sites is 1. The number of piperidine rings is 1. The fourth-order valence-corrected chi connectivity index (χ4v) is 5.31. The molecule has 1 saturated heterocycles. The smallest absolute Gasteiger partial charge is 0.246 e. The van der Waals surface area contributed by atoms with E-state index < -0.39 is 63.1 Å². The molecule has 0 radical (unpaired) electrons. The third kappa shape index (κ3) is 14.0. The number of benzene rings is 2. The highest BCUT2D eigenvalue weighted by Gasteiger charge is 2.26. The number of carboxylic acid groups (broad SMARTS) is 3. The van der Waals surface area contributed by atoms with Crippen molar-refractivity contribution in [2.45, 2.75) is 31.3 Å². The molecule has 2 aromatic carbocycles. The largest absolute Gasteiger partial charge is 0.642 e. The van der Waals surface area contributed by atoms with Crippen molar-refractivity contribution in [1.29, 1.82) is 0 Å². The highest BCUT2D eigenvalue weighted by Crippen LogP contribution is 2.30. The molecule has 18 heteroatoms. The number of nitrogens with zero attached hydrogens (tertiary/aromatic N) is 3. The zero-order chi connectivity index (χ0) is 37.2. The summed E-state index contributed by atoms with van der Waals surface area (Å²) in [6, 6.07) is 12.3. The van der Waals surface area contributed by atoms with Crippen LogP contribution in [0.2, 0.25) is 0 Å². The summed E-state index contributed by atoms with van der Waals surface area (Å²) in [4.78, 5) is 83.8. The van der Waals surface area contributed by atoms with Gasteiger partial charge in [-0.25, -0.2) is 4.90 Å². The summed E-state index contributed by atoms with van der Waals surface area (Å²) in [7, 11) is 0. The third-order valence-corrected chi connectivity index (χ3v) is 7.70. The van der Waals surface area contributed by atoms with Gasteiger partial charge in [0.1, 0.15) is 31.9 Å². The van der Waals surface area contributed by atoms with Crippen molar-refractivity contribution in [2.24, 2.45) is 0 Å². The standard InChI is InChI=1S/C33H39N5O13/c39-21-49-19-38(20-50-22-40)24(14-36(15-30(42)43)12-13-37(16-31(44)45)17-32(46)47)18-51-25-10-8-23(9-11-25)26-4-1-2-5-27(26)35-33(48)28-6-3-7-29(41)34-28/h1-2,4-5,8-11,24,28H,3,6-7,12-20H2,(H,34,41)(H,35,48)(H,42,43)(H,44,45)(H,46,47)/q-2/p-3. The molecule has 2 aromatic rings. The van der Waals surface area contributed by atoms with Gasteiger partial charge in [0.05, 0.1) is 23.9 Å². The molecule has 3 rings (SSSR count). The molecule has 0 aliphatic carbocycles. The van der Waals surface area contributed by atoms with Crippen LogP contribution in [0, 0.1) is 0 Å². The van der Waals surface area contributed by atoms with Crippen LogP contribution in [-0.2, 0) is 43.0 Å². The molecule has 2 unspecified atom stereocenters. The van der Waals surface area contributed by atoms with E-state index in [1.54, 1.807) is 48.5 Å². The van der Waals surface area contributed by atoms with Crippen molar-refractivity contribution in [3.8, 4) is 16.9 Å². The van der Waals surface area contributed by atoms with E-state index in [1.807, 2.05) is 0 Å². The first-order valence-electron chi connectivity index (χ1n) is 15.7. The number of ether oxygens (including phenoxy) is 3. The fourth-order valence-electron chi connectivity index (χ4n) is 5.31. The predicted molar refractivity (Wildman–Crippen MR) is 169 cm³/mol. The lowest BCUT2D eigenvalue weighted by Crippen LogP contribution is -2.53. The molecular formula is C33H36N5O13-5. The second-order valence-corrected chi connectivity index (χ2v) is 11.4. The second-order valence-electron chi connectivity index (χ2n) is 11.4. The molecule has 51 heavy (non-hydrogen) atoms. The molecule has 18 nitrogen and oxygen atoms in total. The summed E-state index contributed by atoms with van der Waals surface area (Å²) in [5.74, 6) is -4.78. The lowest BCUT2D eigenvalue weighted by molar-refractivity contribution is -0.311. The molecule has 2 N–H and O–H groups in total. The van der Waals surface area contributed by atoms with Crippen molar-refractivity contribution >= 4 is 48.4 Å². The molecule has 1 heterocycles. The Labute approximate surface area is 292 Å². The topological polar surface area (TPSA) is 250 Å². The summed E-state index contributed by atoms with van der Waals surface area (Å²) in [6.07, 6.45) is 1.51. The average Bonchev–Trinajstić information content (AvgIpc) is 3.09. The Bertz CT molecular complexity index is 1480. The number of carboxylic acids is 3. The number of anilines is 1. The summed E-state index contributed by atoms with van der Waals surface area (Å²) in [6.45, 7) is -1.40. The Morgan fingerprint density at radius 1 is 0.863 bits per heavy atom. The number of amides is 2. The van der Waals surface area contributed by atoms with Gasteiger partial charge in [-0.1, -0.05) is 43.3 Å². The van der Waals surface area contributed by atoms with Crippen molar-refractivity contribution < 1.29 is 63.1 Å². The van der Waals surface area contributed by atoms with Gasteiger partial charge in [-0.15, -0.1) is 0 Å². The molecule has 0 saturated carbocycles. The van der Waals surface area contributed by atoms with E-state index in [-0.39, 0.29) is 38.1 Å². The molecule has 1 aliphatic rings. The van der Waals surface area contributed by atoms with Crippen LogP contribution in [0.5, 0.6) is 5.75 Å². The van der Waals surface area contributed by atoms with Crippen LogP contribution >= 0.6 is 0 Å². The zero-order valence-corrected chi connectivity index (χ0v) is 27.4. The number of carbonyl (C=O) groups is 5. The number of hydrogen-bond donors (Lipinski definition) is 2. The highest BCUT2D eigenvalue weighted by atomic mass is 16.6. The van der Waals surface area contributed by atoms with E-state index in [2.05, 4.69) is 10.6 Å². The van der Waals surface area contributed by atoms with E-state index in [9.17, 15) is 48.9 Å². The third-order valence-electron chi connectivity index (χ3n) is 7.70. The van der Waals surface area contributed by atoms with Crippen LogP contribution in [0.4, 0.5) is 5.69 Å². The SMILES string of the molecule is O=[C-]OCN(CO[C-]=O)C(COc1ccc(-c2ccccc2NC(=O)C2CCCC(=O)N2)cc1)CN(CCN(CC(=O)[O-])CC(=O)[O-])CC(=O)[O-]. The van der Waals surface area contributed by atoms with Gasteiger partial charge in [0, 0.05) is 56.9 Å².